The maximum atomic E-state index is 13.6. The summed E-state index contributed by atoms with van der Waals surface area (Å²) in [6.45, 7) is 27.9. The second-order valence-electron chi connectivity index (χ2n) is 28.8. The highest BCUT2D eigenvalue weighted by atomic mass is 16.3. The van der Waals surface area contributed by atoms with Gasteiger partial charge in [0, 0.05) is 65.0 Å². The van der Waals surface area contributed by atoms with Crippen LogP contribution in [-0.2, 0) is 21.7 Å². The molecule has 11 aromatic carbocycles. The number of fused-ring (bicyclic) bond motifs is 15. The summed E-state index contributed by atoms with van der Waals surface area (Å²) >= 11 is 0. The van der Waals surface area contributed by atoms with Crippen LogP contribution in [0.4, 0.5) is 0 Å². The molecule has 0 unspecified atom stereocenters. The average molecular weight is 1150 g/mol. The summed E-state index contributed by atoms with van der Waals surface area (Å²) in [7, 11) is 0. The van der Waals surface area contributed by atoms with Gasteiger partial charge in [-0.15, -0.1) is 0 Å². The van der Waals surface area contributed by atoms with Crippen molar-refractivity contribution < 1.29 is 4.42 Å². The molecule has 434 valence electrons. The summed E-state index contributed by atoms with van der Waals surface area (Å²) in [4.78, 5) is 0. The molecule has 0 atom stereocenters. The van der Waals surface area contributed by atoms with Crippen molar-refractivity contribution in [2.24, 2.45) is 0 Å². The molecule has 0 spiro atoms. The van der Waals surface area contributed by atoms with Crippen LogP contribution in [-0.4, -0.2) is 18.3 Å². The van der Waals surface area contributed by atoms with Gasteiger partial charge in [-0.25, -0.2) is 0 Å². The number of hydrogen-bond donors (Lipinski definition) is 0. The lowest BCUT2D eigenvalue weighted by atomic mass is 9.84. The Balaban J connectivity index is 1.35. The van der Waals surface area contributed by atoms with E-state index in [1.807, 2.05) is 0 Å². The largest absolute Gasteiger partial charge is 0.455 e. The van der Waals surface area contributed by atoms with E-state index in [2.05, 4.69) is 320 Å². The molecule has 0 saturated heterocycles. The van der Waals surface area contributed by atoms with Crippen molar-refractivity contribution >= 4 is 109 Å². The number of benzene rings is 11. The minimum absolute atomic E-state index is 0.335. The fraction of sp³-hybridized carbons (Fsp3) is 0.193. The molecule has 0 radical (unpaired) electrons. The zero-order valence-corrected chi connectivity index (χ0v) is 52.9. The van der Waals surface area contributed by atoms with Crippen molar-refractivity contribution in [3.63, 3.8) is 0 Å². The van der Waals surface area contributed by atoms with E-state index >= 15 is 0 Å². The summed E-state index contributed by atoms with van der Waals surface area (Å²) in [6, 6.07) is 81.4. The summed E-state index contributed by atoms with van der Waals surface area (Å²) in [5.74, 6) is 0. The van der Waals surface area contributed by atoms with Gasteiger partial charge in [-0.2, -0.15) is 5.26 Å². The van der Waals surface area contributed by atoms with Crippen molar-refractivity contribution in [3.8, 4) is 39.9 Å². The summed E-state index contributed by atoms with van der Waals surface area (Å²) < 4.78 is 17.7. The number of furan rings is 1. The normalized spacial score (nSPS) is 12.9. The molecule has 16 aromatic rings. The second-order valence-corrected chi connectivity index (χ2v) is 28.8. The van der Waals surface area contributed by atoms with Crippen LogP contribution in [0.3, 0.4) is 0 Å². The van der Waals surface area contributed by atoms with Crippen molar-refractivity contribution in [2.45, 2.75) is 105 Å². The van der Waals surface area contributed by atoms with E-state index in [0.717, 1.165) is 143 Å². The van der Waals surface area contributed by atoms with Gasteiger partial charge < -0.3 is 22.7 Å². The highest BCUT2D eigenvalue weighted by molar-refractivity contribution is 6.20. The Labute approximate surface area is 519 Å². The summed E-state index contributed by atoms with van der Waals surface area (Å²) in [5, 5.41) is 24.6. The molecule has 89 heavy (non-hydrogen) atoms. The Morgan fingerprint density at radius 2 is 0.573 bits per heavy atom. The first-order chi connectivity index (χ1) is 42.8. The van der Waals surface area contributed by atoms with Gasteiger partial charge in [0.15, 0.2) is 0 Å². The molecular weight excluding hydrogens is 1080 g/mol. The number of nitriles is 1. The van der Waals surface area contributed by atoms with Crippen molar-refractivity contribution in [3.05, 3.63) is 240 Å². The Morgan fingerprint density at radius 1 is 0.292 bits per heavy atom. The Hall–Kier alpha value is -10.1. The van der Waals surface area contributed by atoms with E-state index in [0.29, 0.717) is 5.56 Å². The third-order valence-electron chi connectivity index (χ3n) is 19.1. The van der Waals surface area contributed by atoms with Crippen LogP contribution in [0, 0.1) is 11.3 Å². The Kier molecular flexibility index (Phi) is 11.6. The molecule has 0 N–H and O–H groups in total. The minimum Gasteiger partial charge on any atom is -0.455 e. The van der Waals surface area contributed by atoms with Gasteiger partial charge in [0.1, 0.15) is 22.8 Å². The molecule has 0 aliphatic heterocycles. The standard InChI is InChI=1S/C83H71N5O/c1-80(2,3)61-39-24-33-54-49-28-13-18-43-65(49)85(71(54)61)75-60(48-84)76(86-66-44-19-14-29-50(66)55-34-25-40-62(72(55)86)81(4,5)6)78(88-68-46-21-16-31-52(68)57-36-27-42-64(74(57)88)83(10,11)12)70(59-38-23-37-58-53-32-17-22-47-69(53)89-79(58)59)77(75)87-67-45-20-15-30-51(67)56-35-26-41-63(73(56)87)82(7,8)9/h13-47H,1-12H3. The van der Waals surface area contributed by atoms with Gasteiger partial charge in [0.05, 0.1) is 66.9 Å². The monoisotopic (exact) mass is 1150 g/mol. The SMILES string of the molecule is CC(C)(C)c1cccc2c3ccccc3n(-c3c(C#N)c(-n4c5ccccc5c5cccc(C(C)(C)C)c54)c(-n4c5ccccc5c5cccc(C(C)(C)C)c54)c(-c4cccc5c4oc4ccccc45)c3-n3c4ccccc4c4cccc(C(C)(C)C)c43)c12. The van der Waals surface area contributed by atoms with Crippen LogP contribution in [0.15, 0.2) is 217 Å². The van der Waals surface area contributed by atoms with Gasteiger partial charge in [0.25, 0.3) is 0 Å². The number of hydrogen-bond acceptors (Lipinski definition) is 2. The van der Waals surface area contributed by atoms with Crippen LogP contribution >= 0.6 is 0 Å². The Bertz CT molecular complexity index is 5440. The Morgan fingerprint density at radius 3 is 0.910 bits per heavy atom. The molecule has 5 heterocycles. The van der Waals surface area contributed by atoms with Crippen LogP contribution in [0.2, 0.25) is 0 Å². The van der Waals surface area contributed by atoms with E-state index in [9.17, 15) is 5.26 Å². The smallest absolute Gasteiger partial charge is 0.143 e. The lowest BCUT2D eigenvalue weighted by Gasteiger charge is -2.32. The first-order valence-electron chi connectivity index (χ1n) is 31.4. The van der Waals surface area contributed by atoms with Gasteiger partial charge >= 0.3 is 0 Å². The molecule has 0 saturated carbocycles. The molecule has 0 fully saturated rings. The molecule has 6 nitrogen and oxygen atoms in total. The summed E-state index contributed by atoms with van der Waals surface area (Å²) in [6.07, 6.45) is 0. The topological polar surface area (TPSA) is 56.6 Å². The maximum absolute atomic E-state index is 13.6. The van der Waals surface area contributed by atoms with Crippen LogP contribution < -0.4 is 0 Å². The van der Waals surface area contributed by atoms with E-state index in [4.69, 9.17) is 4.42 Å². The predicted molar refractivity (Wildman–Crippen MR) is 376 cm³/mol. The third-order valence-corrected chi connectivity index (χ3v) is 19.1. The maximum Gasteiger partial charge on any atom is 0.143 e. The zero-order valence-electron chi connectivity index (χ0n) is 52.9. The number of aromatic nitrogens is 4. The van der Waals surface area contributed by atoms with E-state index in [1.54, 1.807) is 0 Å². The molecule has 0 bridgehead atoms. The predicted octanol–water partition coefficient (Wildman–Crippen LogP) is 22.7. The highest BCUT2D eigenvalue weighted by Gasteiger charge is 2.39. The zero-order chi connectivity index (χ0) is 61.4. The molecule has 5 aromatic heterocycles. The minimum atomic E-state index is -0.336. The van der Waals surface area contributed by atoms with Crippen molar-refractivity contribution in [2.75, 3.05) is 0 Å². The van der Waals surface area contributed by atoms with Gasteiger partial charge in [-0.1, -0.05) is 265 Å². The highest BCUT2D eigenvalue weighted by Crippen LogP contribution is 2.55. The fourth-order valence-corrected chi connectivity index (χ4v) is 15.3. The number of rotatable bonds is 5. The van der Waals surface area contributed by atoms with Crippen LogP contribution in [0.5, 0.6) is 0 Å². The van der Waals surface area contributed by atoms with Crippen molar-refractivity contribution in [1.82, 2.24) is 18.3 Å². The average Bonchev–Trinajstić information content (AvgIpc) is 1.59. The van der Waals surface area contributed by atoms with Crippen LogP contribution in [0.25, 0.3) is 143 Å². The number of para-hydroxylation sites is 10. The molecule has 6 heteroatoms. The van der Waals surface area contributed by atoms with Crippen LogP contribution in [0.1, 0.15) is 111 Å². The molecular formula is C83H71N5O. The number of nitrogens with zero attached hydrogens (tertiary/aromatic N) is 5. The van der Waals surface area contributed by atoms with Gasteiger partial charge in [0.2, 0.25) is 0 Å². The second kappa shape index (κ2) is 19.0. The first kappa shape index (κ1) is 54.3. The molecule has 16 rings (SSSR count). The lowest BCUT2D eigenvalue weighted by molar-refractivity contribution is 0.593. The third kappa shape index (κ3) is 7.74. The van der Waals surface area contributed by atoms with E-state index in [1.165, 1.54) is 22.3 Å². The molecule has 0 aliphatic carbocycles. The first-order valence-corrected chi connectivity index (χ1v) is 31.4. The quantitative estimate of drug-likeness (QED) is 0.172. The fourth-order valence-electron chi connectivity index (χ4n) is 15.3. The van der Waals surface area contributed by atoms with Gasteiger partial charge in [-0.05, 0) is 74.2 Å². The lowest BCUT2D eigenvalue weighted by Crippen LogP contribution is -2.20. The van der Waals surface area contributed by atoms with E-state index in [-0.39, 0.29) is 21.7 Å². The van der Waals surface area contributed by atoms with E-state index < -0.39 is 0 Å². The molecule has 0 aliphatic rings. The van der Waals surface area contributed by atoms with Gasteiger partial charge in [-0.3, -0.25) is 0 Å². The molecule has 0 amide bonds. The summed E-state index contributed by atoms with van der Waals surface area (Å²) in [5.41, 5.74) is 19.0. The van der Waals surface area contributed by atoms with Crippen molar-refractivity contribution in [1.29, 1.82) is 5.26 Å².